The lowest BCUT2D eigenvalue weighted by molar-refractivity contribution is -0.127. The fourth-order valence-electron chi connectivity index (χ4n) is 2.24. The maximum Gasteiger partial charge on any atom is 0.281 e. The van der Waals surface area contributed by atoms with Crippen LogP contribution < -0.4 is 15.2 Å². The molecule has 3 N–H and O–H groups in total. The minimum Gasteiger partial charge on any atom is -0.476 e. The third-order valence-electron chi connectivity index (χ3n) is 3.76. The highest BCUT2D eigenvalue weighted by Gasteiger charge is 2.54. The molecule has 3 rings (SSSR count). The van der Waals surface area contributed by atoms with Gasteiger partial charge < -0.3 is 10.5 Å². The fourth-order valence-corrected chi connectivity index (χ4v) is 3.58. The summed E-state index contributed by atoms with van der Waals surface area (Å²) in [5, 5.41) is -0.312. The zero-order chi connectivity index (χ0) is 18.2. The van der Waals surface area contributed by atoms with Crippen LogP contribution in [0.25, 0.3) is 0 Å². The fraction of sp³-hybridized carbons (Fsp3) is 0.250. The van der Waals surface area contributed by atoms with Crippen molar-refractivity contribution in [3.63, 3.8) is 0 Å². The summed E-state index contributed by atoms with van der Waals surface area (Å²) in [5.41, 5.74) is 5.27. The van der Waals surface area contributed by atoms with Gasteiger partial charge in [-0.05, 0) is 52.7 Å². The first-order chi connectivity index (χ1) is 11.7. The number of aryl methyl sites for hydroxylation is 1. The van der Waals surface area contributed by atoms with Crippen molar-refractivity contribution in [3.8, 4) is 5.75 Å². The van der Waals surface area contributed by atoms with Crippen LogP contribution in [0.15, 0.2) is 45.9 Å². The van der Waals surface area contributed by atoms with Gasteiger partial charge in [0, 0.05) is 12.8 Å². The molecule has 1 aromatic carbocycles. The smallest absolute Gasteiger partial charge is 0.281 e. The SMILES string of the molecule is Cc1ccc(Br)c(OC2(C(=O)NS(=O)(=O)c3cccc(N)n3)CC2)c1. The summed E-state index contributed by atoms with van der Waals surface area (Å²) in [4.78, 5) is 16.2. The Kier molecular flexibility index (Phi) is 4.46. The number of carbonyl (C=O) groups is 1. The molecule has 0 aliphatic heterocycles. The number of aromatic nitrogens is 1. The molecule has 9 heteroatoms. The molecule has 1 fully saturated rings. The van der Waals surface area contributed by atoms with Crippen LogP contribution in [0.2, 0.25) is 0 Å². The third-order valence-corrected chi connectivity index (χ3v) is 5.64. The van der Waals surface area contributed by atoms with E-state index in [1.54, 1.807) is 6.07 Å². The summed E-state index contributed by atoms with van der Waals surface area (Å²) < 4.78 is 33.2. The molecule has 1 amide bonds. The van der Waals surface area contributed by atoms with Gasteiger partial charge in [0.15, 0.2) is 10.6 Å². The zero-order valence-corrected chi connectivity index (χ0v) is 15.7. The highest BCUT2D eigenvalue weighted by Crippen LogP contribution is 2.43. The van der Waals surface area contributed by atoms with E-state index in [0.29, 0.717) is 23.1 Å². The summed E-state index contributed by atoms with van der Waals surface area (Å²) in [6.07, 6.45) is 0.859. The van der Waals surface area contributed by atoms with Crippen molar-refractivity contribution in [3.05, 3.63) is 46.4 Å². The van der Waals surface area contributed by atoms with Crippen LogP contribution in [0, 0.1) is 6.92 Å². The van der Waals surface area contributed by atoms with Gasteiger partial charge in [-0.1, -0.05) is 12.1 Å². The summed E-state index contributed by atoms with van der Waals surface area (Å²) in [5.74, 6) is -0.173. The number of halogens is 1. The average molecular weight is 426 g/mol. The van der Waals surface area contributed by atoms with Gasteiger partial charge in [-0.3, -0.25) is 4.79 Å². The second kappa shape index (κ2) is 6.30. The van der Waals surface area contributed by atoms with Gasteiger partial charge in [0.1, 0.15) is 11.6 Å². The highest BCUT2D eigenvalue weighted by atomic mass is 79.9. The maximum atomic E-state index is 12.5. The molecule has 1 aromatic heterocycles. The molecule has 0 radical (unpaired) electrons. The number of hydrogen-bond acceptors (Lipinski definition) is 6. The van der Waals surface area contributed by atoms with E-state index < -0.39 is 21.5 Å². The normalized spacial score (nSPS) is 15.4. The topological polar surface area (TPSA) is 111 Å². The molecule has 0 bridgehead atoms. The number of benzene rings is 1. The number of anilines is 1. The number of sulfonamides is 1. The molecule has 1 heterocycles. The molecule has 25 heavy (non-hydrogen) atoms. The lowest BCUT2D eigenvalue weighted by Crippen LogP contribution is -2.43. The minimum absolute atomic E-state index is 0.0522. The van der Waals surface area contributed by atoms with E-state index in [9.17, 15) is 13.2 Å². The molecule has 0 spiro atoms. The quantitative estimate of drug-likeness (QED) is 0.758. The van der Waals surface area contributed by atoms with Crippen molar-refractivity contribution < 1.29 is 17.9 Å². The van der Waals surface area contributed by atoms with Gasteiger partial charge in [0.05, 0.1) is 4.47 Å². The Morgan fingerprint density at radius 1 is 1.32 bits per heavy atom. The zero-order valence-electron chi connectivity index (χ0n) is 13.3. The molecule has 0 atom stereocenters. The van der Waals surface area contributed by atoms with Crippen LogP contribution in [0.3, 0.4) is 0 Å². The van der Waals surface area contributed by atoms with E-state index in [1.807, 2.05) is 23.8 Å². The standard InChI is InChI=1S/C16H16BrN3O4S/c1-10-5-6-11(17)12(9-10)24-16(7-8-16)15(21)20-25(22,23)14-4-2-3-13(18)19-14/h2-6,9H,7-8H2,1H3,(H2,18,19)(H,20,21). The van der Waals surface area contributed by atoms with Gasteiger partial charge in [-0.25, -0.2) is 9.71 Å². The van der Waals surface area contributed by atoms with Gasteiger partial charge >= 0.3 is 0 Å². The van der Waals surface area contributed by atoms with Crippen LogP contribution in [0.1, 0.15) is 18.4 Å². The number of carbonyl (C=O) groups excluding carboxylic acids is 1. The molecule has 1 saturated carbocycles. The number of hydrogen-bond donors (Lipinski definition) is 2. The number of pyridine rings is 1. The molecule has 7 nitrogen and oxygen atoms in total. The number of rotatable bonds is 5. The van der Waals surface area contributed by atoms with Crippen LogP contribution in [0.5, 0.6) is 5.75 Å². The molecule has 0 saturated heterocycles. The third kappa shape index (κ3) is 3.77. The first-order valence-electron chi connectivity index (χ1n) is 7.47. The maximum absolute atomic E-state index is 12.5. The highest BCUT2D eigenvalue weighted by molar-refractivity contribution is 9.10. The number of nitrogen functional groups attached to an aromatic ring is 1. The second-order valence-corrected chi connectivity index (χ2v) is 8.35. The predicted molar refractivity (Wildman–Crippen MR) is 95.4 cm³/mol. The van der Waals surface area contributed by atoms with E-state index in [-0.39, 0.29) is 10.8 Å². The van der Waals surface area contributed by atoms with Crippen LogP contribution >= 0.6 is 15.9 Å². The minimum atomic E-state index is -4.12. The molecule has 1 aliphatic rings. The number of nitrogens with zero attached hydrogens (tertiary/aromatic N) is 1. The summed E-state index contributed by atoms with van der Waals surface area (Å²) in [6, 6.07) is 9.67. The Labute approximate surface area is 153 Å². The summed E-state index contributed by atoms with van der Waals surface area (Å²) >= 11 is 3.37. The Hall–Kier alpha value is -2.13. The van der Waals surface area contributed by atoms with Crippen molar-refractivity contribution >= 4 is 37.7 Å². The van der Waals surface area contributed by atoms with E-state index in [0.717, 1.165) is 5.56 Å². The van der Waals surface area contributed by atoms with E-state index in [2.05, 4.69) is 20.9 Å². The predicted octanol–water partition coefficient (Wildman–Crippen LogP) is 2.15. The van der Waals surface area contributed by atoms with Crippen molar-refractivity contribution in [1.29, 1.82) is 0 Å². The van der Waals surface area contributed by atoms with Crippen LogP contribution in [0.4, 0.5) is 5.82 Å². The van der Waals surface area contributed by atoms with Crippen LogP contribution in [-0.2, 0) is 14.8 Å². The Bertz CT molecular complexity index is 942. The number of ether oxygens (including phenoxy) is 1. The first-order valence-corrected chi connectivity index (χ1v) is 9.74. The monoisotopic (exact) mass is 425 g/mol. The van der Waals surface area contributed by atoms with E-state index >= 15 is 0 Å². The first kappa shape index (κ1) is 17.7. The van der Waals surface area contributed by atoms with Crippen molar-refractivity contribution in [1.82, 2.24) is 9.71 Å². The largest absolute Gasteiger partial charge is 0.476 e. The molecule has 0 unspecified atom stereocenters. The molecular weight excluding hydrogens is 410 g/mol. The van der Waals surface area contributed by atoms with E-state index in [1.165, 1.54) is 18.2 Å². The Morgan fingerprint density at radius 3 is 2.68 bits per heavy atom. The lowest BCUT2D eigenvalue weighted by atomic mass is 10.2. The summed E-state index contributed by atoms with van der Waals surface area (Å²) in [7, 11) is -4.12. The molecule has 2 aromatic rings. The van der Waals surface area contributed by atoms with Crippen LogP contribution in [-0.4, -0.2) is 24.9 Å². The van der Waals surface area contributed by atoms with E-state index in [4.69, 9.17) is 10.5 Å². The number of amides is 1. The molecule has 1 aliphatic carbocycles. The Morgan fingerprint density at radius 2 is 2.04 bits per heavy atom. The molecular formula is C16H16BrN3O4S. The lowest BCUT2D eigenvalue weighted by Gasteiger charge is -2.19. The molecule has 132 valence electrons. The van der Waals surface area contributed by atoms with Gasteiger partial charge in [-0.2, -0.15) is 8.42 Å². The van der Waals surface area contributed by atoms with Crippen molar-refractivity contribution in [2.24, 2.45) is 0 Å². The Balaban J connectivity index is 1.80. The summed E-state index contributed by atoms with van der Waals surface area (Å²) in [6.45, 7) is 1.90. The van der Waals surface area contributed by atoms with Crippen molar-refractivity contribution in [2.45, 2.75) is 30.4 Å². The van der Waals surface area contributed by atoms with Gasteiger partial charge in [0.2, 0.25) is 0 Å². The van der Waals surface area contributed by atoms with Gasteiger partial charge in [-0.15, -0.1) is 0 Å². The van der Waals surface area contributed by atoms with Gasteiger partial charge in [0.25, 0.3) is 15.9 Å². The average Bonchev–Trinajstić information content (AvgIpc) is 3.31. The number of nitrogens with two attached hydrogens (primary N) is 1. The second-order valence-electron chi connectivity index (χ2n) is 5.87. The van der Waals surface area contributed by atoms with Crippen molar-refractivity contribution in [2.75, 3.05) is 5.73 Å². The number of nitrogens with one attached hydrogen (secondary N) is 1.